The lowest BCUT2D eigenvalue weighted by atomic mass is 10.1. The third kappa shape index (κ3) is 3.90. The average molecular weight is 337 g/mol. The quantitative estimate of drug-likeness (QED) is 0.871. The third-order valence-electron chi connectivity index (χ3n) is 3.46. The second-order valence-electron chi connectivity index (χ2n) is 5.15. The number of urea groups is 1. The SMILES string of the molecule is O=C(Nc1ccc(Cl)cc1)Nc1csc(N2CCCCC2)n1. The van der Waals surface area contributed by atoms with E-state index in [0.717, 1.165) is 18.2 Å². The van der Waals surface area contributed by atoms with Gasteiger partial charge in [-0.25, -0.2) is 9.78 Å². The fourth-order valence-electron chi connectivity index (χ4n) is 2.36. The van der Waals surface area contributed by atoms with E-state index in [9.17, 15) is 4.79 Å². The van der Waals surface area contributed by atoms with E-state index in [0.29, 0.717) is 16.5 Å². The molecule has 22 heavy (non-hydrogen) atoms. The van der Waals surface area contributed by atoms with Gasteiger partial charge in [0.15, 0.2) is 5.13 Å². The minimum absolute atomic E-state index is 0.308. The molecule has 0 radical (unpaired) electrons. The summed E-state index contributed by atoms with van der Waals surface area (Å²) in [5.41, 5.74) is 0.688. The van der Waals surface area contributed by atoms with Gasteiger partial charge in [0.1, 0.15) is 5.82 Å². The third-order valence-corrected chi connectivity index (χ3v) is 4.62. The summed E-state index contributed by atoms with van der Waals surface area (Å²) in [7, 11) is 0. The van der Waals surface area contributed by atoms with Crippen LogP contribution >= 0.6 is 22.9 Å². The van der Waals surface area contributed by atoms with E-state index in [2.05, 4.69) is 20.5 Å². The van der Waals surface area contributed by atoms with Gasteiger partial charge in [-0.05, 0) is 43.5 Å². The number of carbonyl (C=O) groups excluding carboxylic acids is 1. The lowest BCUT2D eigenvalue weighted by Crippen LogP contribution is -2.29. The largest absolute Gasteiger partial charge is 0.348 e. The first-order valence-corrected chi connectivity index (χ1v) is 8.50. The number of halogens is 1. The maximum Gasteiger partial charge on any atom is 0.324 e. The Morgan fingerprint density at radius 2 is 1.86 bits per heavy atom. The Bertz CT molecular complexity index is 637. The molecule has 2 heterocycles. The zero-order valence-electron chi connectivity index (χ0n) is 12.0. The van der Waals surface area contributed by atoms with Crippen molar-refractivity contribution in [2.24, 2.45) is 0 Å². The van der Waals surface area contributed by atoms with Crippen LogP contribution in [-0.4, -0.2) is 24.1 Å². The maximum atomic E-state index is 11.9. The van der Waals surface area contributed by atoms with Crippen molar-refractivity contribution in [3.63, 3.8) is 0 Å². The summed E-state index contributed by atoms with van der Waals surface area (Å²) in [6.45, 7) is 2.09. The van der Waals surface area contributed by atoms with Crippen LogP contribution in [-0.2, 0) is 0 Å². The van der Waals surface area contributed by atoms with Crippen LogP contribution in [0.3, 0.4) is 0 Å². The first-order chi connectivity index (χ1) is 10.7. The van der Waals surface area contributed by atoms with Crippen molar-refractivity contribution in [2.45, 2.75) is 19.3 Å². The Morgan fingerprint density at radius 1 is 1.14 bits per heavy atom. The highest BCUT2D eigenvalue weighted by molar-refractivity contribution is 7.14. The molecule has 0 spiro atoms. The van der Waals surface area contributed by atoms with Crippen molar-refractivity contribution < 1.29 is 4.79 Å². The Labute approximate surface area is 138 Å². The summed E-state index contributed by atoms with van der Waals surface area (Å²) in [6.07, 6.45) is 3.70. The fourth-order valence-corrected chi connectivity index (χ4v) is 3.30. The molecule has 0 aliphatic carbocycles. The Kier molecular flexibility index (Phi) is 4.80. The Balaban J connectivity index is 1.57. The number of rotatable bonds is 3. The molecule has 7 heteroatoms. The molecule has 0 unspecified atom stereocenters. The topological polar surface area (TPSA) is 57.3 Å². The van der Waals surface area contributed by atoms with E-state index in [4.69, 9.17) is 11.6 Å². The molecule has 2 aromatic rings. The Hall–Kier alpha value is -1.79. The summed E-state index contributed by atoms with van der Waals surface area (Å²) in [5.74, 6) is 0.581. The van der Waals surface area contributed by atoms with Gasteiger partial charge in [0.25, 0.3) is 0 Å². The van der Waals surface area contributed by atoms with Gasteiger partial charge in [-0.1, -0.05) is 11.6 Å². The lowest BCUT2D eigenvalue weighted by Gasteiger charge is -2.25. The number of carbonyl (C=O) groups is 1. The van der Waals surface area contributed by atoms with E-state index in [1.165, 1.54) is 19.3 Å². The maximum absolute atomic E-state index is 11.9. The highest BCUT2D eigenvalue weighted by Gasteiger charge is 2.15. The van der Waals surface area contributed by atoms with Gasteiger partial charge in [-0.15, -0.1) is 11.3 Å². The number of nitrogens with zero attached hydrogens (tertiary/aromatic N) is 2. The fraction of sp³-hybridized carbons (Fsp3) is 0.333. The molecule has 5 nitrogen and oxygen atoms in total. The van der Waals surface area contributed by atoms with Crippen molar-refractivity contribution in [3.8, 4) is 0 Å². The van der Waals surface area contributed by atoms with Crippen molar-refractivity contribution in [2.75, 3.05) is 28.6 Å². The molecule has 1 aromatic carbocycles. The average Bonchev–Trinajstić information content (AvgIpc) is 2.99. The minimum Gasteiger partial charge on any atom is -0.348 e. The molecular formula is C15H17ClN4OS. The van der Waals surface area contributed by atoms with E-state index < -0.39 is 0 Å². The van der Waals surface area contributed by atoms with Crippen LogP contribution < -0.4 is 15.5 Å². The van der Waals surface area contributed by atoms with Gasteiger partial charge in [-0.3, -0.25) is 5.32 Å². The first kappa shape index (κ1) is 15.1. The monoisotopic (exact) mass is 336 g/mol. The minimum atomic E-state index is -0.308. The van der Waals surface area contributed by atoms with Gasteiger partial charge in [0, 0.05) is 29.2 Å². The Morgan fingerprint density at radius 3 is 2.59 bits per heavy atom. The molecule has 2 amide bonds. The van der Waals surface area contributed by atoms with E-state index in [-0.39, 0.29) is 6.03 Å². The number of benzene rings is 1. The van der Waals surface area contributed by atoms with Crippen LogP contribution in [0.25, 0.3) is 0 Å². The summed E-state index contributed by atoms with van der Waals surface area (Å²) >= 11 is 7.37. The number of anilines is 3. The molecule has 0 bridgehead atoms. The zero-order chi connectivity index (χ0) is 15.4. The predicted octanol–water partition coefficient (Wildman–Crippen LogP) is 4.43. The summed E-state index contributed by atoms with van der Waals surface area (Å²) in [4.78, 5) is 18.7. The molecule has 3 rings (SSSR count). The van der Waals surface area contributed by atoms with E-state index >= 15 is 0 Å². The van der Waals surface area contributed by atoms with Gasteiger partial charge in [0.05, 0.1) is 0 Å². The lowest BCUT2D eigenvalue weighted by molar-refractivity contribution is 0.262. The number of hydrogen-bond acceptors (Lipinski definition) is 4. The zero-order valence-corrected chi connectivity index (χ0v) is 13.6. The van der Waals surface area contributed by atoms with Gasteiger partial charge >= 0.3 is 6.03 Å². The molecule has 1 aliphatic rings. The second kappa shape index (κ2) is 6.98. The second-order valence-corrected chi connectivity index (χ2v) is 6.42. The van der Waals surface area contributed by atoms with Crippen molar-refractivity contribution in [3.05, 3.63) is 34.7 Å². The molecule has 0 atom stereocenters. The molecular weight excluding hydrogens is 320 g/mol. The van der Waals surface area contributed by atoms with Crippen molar-refractivity contribution in [1.82, 2.24) is 4.98 Å². The van der Waals surface area contributed by atoms with Crippen LogP contribution in [0.15, 0.2) is 29.6 Å². The number of aromatic nitrogens is 1. The number of piperidine rings is 1. The van der Waals surface area contributed by atoms with E-state index in [1.807, 2.05) is 5.38 Å². The molecule has 2 N–H and O–H groups in total. The number of thiazole rings is 1. The predicted molar refractivity (Wildman–Crippen MR) is 92.3 cm³/mol. The van der Waals surface area contributed by atoms with Crippen LogP contribution in [0.2, 0.25) is 5.02 Å². The summed E-state index contributed by atoms with van der Waals surface area (Å²) in [5, 5.41) is 8.98. The van der Waals surface area contributed by atoms with Crippen molar-refractivity contribution >= 4 is 45.6 Å². The first-order valence-electron chi connectivity index (χ1n) is 7.25. The van der Waals surface area contributed by atoms with Crippen LogP contribution in [0.4, 0.5) is 21.4 Å². The van der Waals surface area contributed by atoms with Crippen molar-refractivity contribution in [1.29, 1.82) is 0 Å². The summed E-state index contributed by atoms with van der Waals surface area (Å²) in [6, 6.07) is 6.66. The number of hydrogen-bond donors (Lipinski definition) is 2. The standard InChI is InChI=1S/C15H17ClN4OS/c16-11-4-6-12(7-5-11)17-14(21)18-13-10-22-15(19-13)20-8-2-1-3-9-20/h4-7,10H,1-3,8-9H2,(H2,17,18,21). The molecule has 1 aliphatic heterocycles. The van der Waals surface area contributed by atoms with E-state index in [1.54, 1.807) is 35.6 Å². The molecule has 1 saturated heterocycles. The highest BCUT2D eigenvalue weighted by atomic mass is 35.5. The normalized spacial score (nSPS) is 14.7. The van der Waals surface area contributed by atoms with Gasteiger partial charge in [0.2, 0.25) is 0 Å². The number of nitrogens with one attached hydrogen (secondary N) is 2. The van der Waals surface area contributed by atoms with Gasteiger partial charge < -0.3 is 10.2 Å². The smallest absolute Gasteiger partial charge is 0.324 e. The molecule has 0 saturated carbocycles. The molecule has 116 valence electrons. The van der Waals surface area contributed by atoms with Gasteiger partial charge in [-0.2, -0.15) is 0 Å². The van der Waals surface area contributed by atoms with Crippen LogP contribution in [0, 0.1) is 0 Å². The highest BCUT2D eigenvalue weighted by Crippen LogP contribution is 2.26. The number of amides is 2. The molecule has 1 aromatic heterocycles. The molecule has 1 fully saturated rings. The summed E-state index contributed by atoms with van der Waals surface area (Å²) < 4.78 is 0. The van der Waals surface area contributed by atoms with Crippen LogP contribution in [0.1, 0.15) is 19.3 Å². The van der Waals surface area contributed by atoms with Crippen LogP contribution in [0.5, 0.6) is 0 Å².